The highest BCUT2D eigenvalue weighted by molar-refractivity contribution is 6.05. The third-order valence-electron chi connectivity index (χ3n) is 8.89. The lowest BCUT2D eigenvalue weighted by atomic mass is 9.53. The standard InChI is InChI=1S/C34H43F5O6/c1-4-6-7-8-9-10-11-19-32(30(43)44-5-2,28(42)18-20-33(35,36)34(37,38)39)29-26-17-16-25(41)21-27(26)45-22-31(29,3)23-12-14-24(40)15-13-23/h12-17,21,29,40-41H,4-11,18-20,22H2,1-3H3. The molecule has 2 aromatic rings. The van der Waals surface area contributed by atoms with Crippen LogP contribution in [-0.4, -0.2) is 47.3 Å². The molecule has 0 saturated carbocycles. The first kappa shape index (κ1) is 36.1. The van der Waals surface area contributed by atoms with Crippen molar-refractivity contribution >= 4 is 11.8 Å². The van der Waals surface area contributed by atoms with Crippen LogP contribution >= 0.6 is 0 Å². The summed E-state index contributed by atoms with van der Waals surface area (Å²) in [4.78, 5) is 28.6. The van der Waals surface area contributed by atoms with Gasteiger partial charge in [-0.3, -0.25) is 9.59 Å². The lowest BCUT2D eigenvalue weighted by Gasteiger charge is -2.50. The number of benzene rings is 2. The Kier molecular flexibility index (Phi) is 11.9. The van der Waals surface area contributed by atoms with Gasteiger partial charge in [0.1, 0.15) is 22.7 Å². The summed E-state index contributed by atoms with van der Waals surface area (Å²) >= 11 is 0. The monoisotopic (exact) mass is 642 g/mol. The van der Waals surface area contributed by atoms with Crippen molar-refractivity contribution in [2.45, 2.75) is 108 Å². The van der Waals surface area contributed by atoms with E-state index in [2.05, 4.69) is 6.92 Å². The fourth-order valence-electron chi connectivity index (χ4n) is 6.48. The number of carbonyl (C=O) groups is 2. The maximum absolute atomic E-state index is 14.4. The molecule has 0 fully saturated rings. The summed E-state index contributed by atoms with van der Waals surface area (Å²) < 4.78 is 79.5. The fourth-order valence-corrected chi connectivity index (χ4v) is 6.48. The van der Waals surface area contributed by atoms with Gasteiger partial charge in [0.2, 0.25) is 0 Å². The van der Waals surface area contributed by atoms with E-state index in [9.17, 15) is 41.8 Å². The Bertz CT molecular complexity index is 1290. The number of hydrogen-bond acceptors (Lipinski definition) is 6. The average molecular weight is 643 g/mol. The summed E-state index contributed by atoms with van der Waals surface area (Å²) in [6, 6.07) is 10.1. The number of rotatable bonds is 16. The lowest BCUT2D eigenvalue weighted by molar-refractivity contribution is -0.284. The van der Waals surface area contributed by atoms with Gasteiger partial charge in [-0.05, 0) is 37.1 Å². The maximum Gasteiger partial charge on any atom is 0.453 e. The van der Waals surface area contributed by atoms with E-state index in [1.54, 1.807) is 19.1 Å². The third kappa shape index (κ3) is 7.90. The Morgan fingerprint density at radius 2 is 1.49 bits per heavy atom. The average Bonchev–Trinajstić information content (AvgIpc) is 2.98. The molecule has 0 bridgehead atoms. The number of esters is 1. The van der Waals surface area contributed by atoms with E-state index in [0.717, 1.165) is 32.1 Å². The number of alkyl halides is 5. The molecule has 2 N–H and O–H groups in total. The van der Waals surface area contributed by atoms with E-state index in [1.807, 2.05) is 0 Å². The Morgan fingerprint density at radius 1 is 0.889 bits per heavy atom. The van der Waals surface area contributed by atoms with Crippen molar-refractivity contribution < 1.29 is 51.2 Å². The second-order valence-corrected chi connectivity index (χ2v) is 12.1. The largest absolute Gasteiger partial charge is 0.508 e. The SMILES string of the molecule is CCCCCCCCCC(C(=O)CCC(F)(F)C(F)(F)F)(C(=O)OCC)C1c2ccc(O)cc2OCC1(C)c1ccc(O)cc1. The number of hydrogen-bond donors (Lipinski definition) is 2. The minimum Gasteiger partial charge on any atom is -0.508 e. The molecule has 0 amide bonds. The van der Waals surface area contributed by atoms with Crippen LogP contribution in [0.3, 0.4) is 0 Å². The molecule has 45 heavy (non-hydrogen) atoms. The van der Waals surface area contributed by atoms with Crippen LogP contribution < -0.4 is 4.74 Å². The number of aromatic hydroxyl groups is 2. The van der Waals surface area contributed by atoms with Gasteiger partial charge in [0.05, 0.1) is 13.2 Å². The topological polar surface area (TPSA) is 93.1 Å². The van der Waals surface area contributed by atoms with Crippen molar-refractivity contribution in [2.24, 2.45) is 5.41 Å². The first-order chi connectivity index (χ1) is 21.1. The Balaban J connectivity index is 2.23. The van der Waals surface area contributed by atoms with Gasteiger partial charge in [-0.1, -0.05) is 77.0 Å². The number of fused-ring (bicyclic) bond motifs is 1. The van der Waals surface area contributed by atoms with Crippen LogP contribution in [-0.2, 0) is 19.7 Å². The van der Waals surface area contributed by atoms with Crippen molar-refractivity contribution in [1.29, 1.82) is 0 Å². The third-order valence-corrected chi connectivity index (χ3v) is 8.89. The van der Waals surface area contributed by atoms with Crippen LogP contribution in [0.2, 0.25) is 0 Å². The lowest BCUT2D eigenvalue weighted by Crippen LogP contribution is -2.56. The molecular formula is C34H43F5O6. The number of ketones is 1. The summed E-state index contributed by atoms with van der Waals surface area (Å²) in [5.74, 6) is -8.44. The van der Waals surface area contributed by atoms with Crippen molar-refractivity contribution in [1.82, 2.24) is 0 Å². The number of ether oxygens (including phenoxy) is 2. The summed E-state index contributed by atoms with van der Waals surface area (Å²) in [7, 11) is 0. The molecular weight excluding hydrogens is 599 g/mol. The Hall–Kier alpha value is -3.37. The second kappa shape index (κ2) is 14.8. The van der Waals surface area contributed by atoms with Crippen molar-refractivity contribution in [2.75, 3.05) is 13.2 Å². The number of halogens is 5. The molecule has 0 aliphatic carbocycles. The molecule has 0 radical (unpaired) electrons. The molecule has 1 heterocycles. The summed E-state index contributed by atoms with van der Waals surface area (Å²) in [6.45, 7) is 5.02. The van der Waals surface area contributed by atoms with E-state index >= 15 is 0 Å². The van der Waals surface area contributed by atoms with Gasteiger partial charge in [0, 0.05) is 35.8 Å². The van der Waals surface area contributed by atoms with Crippen LogP contribution in [0.15, 0.2) is 42.5 Å². The molecule has 0 saturated heterocycles. The van der Waals surface area contributed by atoms with E-state index in [4.69, 9.17) is 9.47 Å². The molecule has 0 spiro atoms. The van der Waals surface area contributed by atoms with Crippen LogP contribution in [0, 0.1) is 5.41 Å². The highest BCUT2D eigenvalue weighted by atomic mass is 19.4. The molecule has 1 aliphatic rings. The van der Waals surface area contributed by atoms with Crippen molar-refractivity contribution in [3.05, 3.63) is 53.6 Å². The van der Waals surface area contributed by atoms with Gasteiger partial charge >= 0.3 is 18.1 Å². The molecule has 3 rings (SSSR count). The first-order valence-electron chi connectivity index (χ1n) is 15.5. The van der Waals surface area contributed by atoms with Crippen LogP contribution in [0.4, 0.5) is 22.0 Å². The van der Waals surface area contributed by atoms with Gasteiger partial charge in [-0.25, -0.2) is 0 Å². The normalized spacial score (nSPS) is 19.7. The first-order valence-corrected chi connectivity index (χ1v) is 15.5. The van der Waals surface area contributed by atoms with Gasteiger partial charge in [-0.15, -0.1) is 0 Å². The number of Topliss-reactive ketones (excluding diaryl/α,β-unsaturated/α-hetero) is 1. The van der Waals surface area contributed by atoms with Crippen molar-refractivity contribution in [3.8, 4) is 17.2 Å². The summed E-state index contributed by atoms with van der Waals surface area (Å²) in [6.07, 6.45) is -3.39. The molecule has 2 aromatic carbocycles. The number of phenolic OH excluding ortho intramolecular Hbond substituents is 2. The molecule has 6 nitrogen and oxygen atoms in total. The van der Waals surface area contributed by atoms with Crippen LogP contribution in [0.1, 0.15) is 102 Å². The highest BCUT2D eigenvalue weighted by Gasteiger charge is 2.63. The van der Waals surface area contributed by atoms with Crippen molar-refractivity contribution in [3.63, 3.8) is 0 Å². The minimum atomic E-state index is -5.87. The van der Waals surface area contributed by atoms with E-state index in [-0.39, 0.29) is 36.9 Å². The molecule has 3 unspecified atom stereocenters. The molecule has 1 aliphatic heterocycles. The van der Waals surface area contributed by atoms with E-state index in [1.165, 1.54) is 37.3 Å². The summed E-state index contributed by atoms with van der Waals surface area (Å²) in [5.41, 5.74) is -2.57. The van der Waals surface area contributed by atoms with Crippen LogP contribution in [0.25, 0.3) is 0 Å². The highest BCUT2D eigenvalue weighted by Crippen LogP contribution is 2.58. The zero-order valence-electron chi connectivity index (χ0n) is 26.0. The smallest absolute Gasteiger partial charge is 0.453 e. The Labute approximate surface area is 260 Å². The predicted molar refractivity (Wildman–Crippen MR) is 159 cm³/mol. The molecule has 0 aromatic heterocycles. The fraction of sp³-hybridized carbons (Fsp3) is 0.588. The predicted octanol–water partition coefficient (Wildman–Crippen LogP) is 8.77. The van der Waals surface area contributed by atoms with Gasteiger partial charge in [0.15, 0.2) is 5.78 Å². The second-order valence-electron chi connectivity index (χ2n) is 12.1. The zero-order chi connectivity index (χ0) is 33.5. The van der Waals surface area contributed by atoms with Gasteiger partial charge in [0.25, 0.3) is 0 Å². The van der Waals surface area contributed by atoms with Gasteiger partial charge < -0.3 is 19.7 Å². The molecule has 250 valence electrons. The molecule has 11 heteroatoms. The summed E-state index contributed by atoms with van der Waals surface area (Å²) in [5, 5.41) is 20.2. The number of carbonyl (C=O) groups excluding carboxylic acids is 2. The van der Waals surface area contributed by atoms with E-state index in [0.29, 0.717) is 24.0 Å². The Morgan fingerprint density at radius 3 is 2.09 bits per heavy atom. The number of phenols is 2. The minimum absolute atomic E-state index is 0.0499. The van der Waals surface area contributed by atoms with E-state index < -0.39 is 53.4 Å². The van der Waals surface area contributed by atoms with Crippen LogP contribution in [0.5, 0.6) is 17.2 Å². The number of unbranched alkanes of at least 4 members (excludes halogenated alkanes) is 6. The zero-order valence-corrected chi connectivity index (χ0v) is 26.0. The van der Waals surface area contributed by atoms with Gasteiger partial charge in [-0.2, -0.15) is 22.0 Å². The quantitative estimate of drug-likeness (QED) is 0.0823. The molecule has 3 atom stereocenters. The maximum atomic E-state index is 14.4.